The van der Waals surface area contributed by atoms with Crippen LogP contribution in [0.5, 0.6) is 0 Å². The highest BCUT2D eigenvalue weighted by Crippen LogP contribution is 2.23. The maximum Gasteiger partial charge on any atom is 0.226 e. The van der Waals surface area contributed by atoms with Gasteiger partial charge in [-0.2, -0.15) is 0 Å². The highest BCUT2D eigenvalue weighted by molar-refractivity contribution is 7.90. The van der Waals surface area contributed by atoms with E-state index in [0.717, 1.165) is 16.9 Å². The van der Waals surface area contributed by atoms with Crippen LogP contribution in [0.1, 0.15) is 29.8 Å². The van der Waals surface area contributed by atoms with Crippen molar-refractivity contribution < 1.29 is 13.2 Å². The number of hydrogen-bond donors (Lipinski definition) is 1. The van der Waals surface area contributed by atoms with Gasteiger partial charge in [0.1, 0.15) is 10.8 Å². The molecule has 1 amide bonds. The molecular formula is C19H19N3O3S2. The second-order valence-electron chi connectivity index (χ2n) is 6.14. The maximum absolute atomic E-state index is 12.4. The molecule has 0 aliphatic carbocycles. The summed E-state index contributed by atoms with van der Waals surface area (Å²) < 4.78 is 24.8. The monoisotopic (exact) mass is 401 g/mol. The van der Waals surface area contributed by atoms with Crippen molar-refractivity contribution >= 4 is 32.2 Å². The summed E-state index contributed by atoms with van der Waals surface area (Å²) in [4.78, 5) is 12.5. The summed E-state index contributed by atoms with van der Waals surface area (Å²) in [6.45, 7) is 1.98. The molecular weight excluding hydrogens is 382 g/mol. The fourth-order valence-electron chi connectivity index (χ4n) is 2.58. The lowest BCUT2D eigenvalue weighted by Crippen LogP contribution is -2.14. The van der Waals surface area contributed by atoms with E-state index in [1.807, 2.05) is 37.3 Å². The smallest absolute Gasteiger partial charge is 0.226 e. The van der Waals surface area contributed by atoms with Crippen LogP contribution in [0.4, 0.5) is 5.13 Å². The van der Waals surface area contributed by atoms with Gasteiger partial charge in [-0.25, -0.2) is 8.42 Å². The minimum absolute atomic E-state index is 0.0667. The molecule has 3 aromatic rings. The van der Waals surface area contributed by atoms with Gasteiger partial charge in [0.15, 0.2) is 9.84 Å². The van der Waals surface area contributed by atoms with Crippen LogP contribution in [-0.4, -0.2) is 24.5 Å². The minimum atomic E-state index is -3.49. The normalized spacial score (nSPS) is 12.5. The van der Waals surface area contributed by atoms with Gasteiger partial charge in [0, 0.05) is 6.42 Å². The number of benzene rings is 2. The Balaban J connectivity index is 1.60. The number of hydrogen-bond acceptors (Lipinski definition) is 6. The fraction of sp³-hybridized carbons (Fsp3) is 0.211. The number of nitrogens with zero attached hydrogens (tertiary/aromatic N) is 2. The van der Waals surface area contributed by atoms with Gasteiger partial charge in [-0.1, -0.05) is 66.8 Å². The first-order valence-corrected chi connectivity index (χ1v) is 10.9. The van der Waals surface area contributed by atoms with Gasteiger partial charge in [-0.05, 0) is 23.6 Å². The van der Waals surface area contributed by atoms with E-state index in [9.17, 15) is 13.2 Å². The summed E-state index contributed by atoms with van der Waals surface area (Å²) >= 11 is 1.07. The van der Waals surface area contributed by atoms with Gasteiger partial charge in [-0.15, -0.1) is 10.2 Å². The van der Waals surface area contributed by atoms with Crippen molar-refractivity contribution in [1.82, 2.24) is 10.2 Å². The van der Waals surface area contributed by atoms with Gasteiger partial charge in [0.25, 0.3) is 0 Å². The molecule has 1 heterocycles. The zero-order valence-electron chi connectivity index (χ0n) is 14.7. The van der Waals surface area contributed by atoms with Crippen LogP contribution in [0.2, 0.25) is 0 Å². The third-order valence-corrected chi connectivity index (χ3v) is 6.65. The van der Waals surface area contributed by atoms with E-state index in [0.29, 0.717) is 16.6 Å². The molecule has 0 radical (unpaired) electrons. The van der Waals surface area contributed by atoms with Crippen LogP contribution < -0.4 is 5.32 Å². The number of carbonyl (C=O) groups is 1. The zero-order chi connectivity index (χ0) is 19.3. The maximum atomic E-state index is 12.4. The zero-order valence-corrected chi connectivity index (χ0v) is 16.3. The van der Waals surface area contributed by atoms with E-state index in [-0.39, 0.29) is 22.5 Å². The molecule has 3 rings (SSSR count). The average Bonchev–Trinajstić information content (AvgIpc) is 3.09. The van der Waals surface area contributed by atoms with Crippen LogP contribution in [0.15, 0.2) is 65.6 Å². The third kappa shape index (κ3) is 5.21. The first-order valence-electron chi connectivity index (χ1n) is 8.39. The van der Waals surface area contributed by atoms with Crippen molar-refractivity contribution in [2.75, 3.05) is 5.32 Å². The van der Waals surface area contributed by atoms with Crippen LogP contribution >= 0.6 is 11.3 Å². The first-order chi connectivity index (χ1) is 12.9. The molecule has 8 heteroatoms. The van der Waals surface area contributed by atoms with Gasteiger partial charge in [0.2, 0.25) is 11.0 Å². The number of aromatic nitrogens is 2. The topological polar surface area (TPSA) is 89.0 Å². The SMILES string of the molecule is CC(CC(=O)Nc1nnc(CS(=O)(=O)c2ccccc2)s1)c1ccccc1. The van der Waals surface area contributed by atoms with E-state index in [1.165, 1.54) is 0 Å². The van der Waals surface area contributed by atoms with Crippen LogP contribution in [0.3, 0.4) is 0 Å². The number of carbonyl (C=O) groups excluding carboxylic acids is 1. The second-order valence-corrected chi connectivity index (χ2v) is 9.19. The molecule has 0 spiro atoms. The average molecular weight is 402 g/mol. The van der Waals surface area contributed by atoms with E-state index in [2.05, 4.69) is 15.5 Å². The van der Waals surface area contributed by atoms with E-state index < -0.39 is 9.84 Å². The number of sulfone groups is 1. The molecule has 1 N–H and O–H groups in total. The number of rotatable bonds is 7. The largest absolute Gasteiger partial charge is 0.301 e. The highest BCUT2D eigenvalue weighted by Gasteiger charge is 2.19. The number of anilines is 1. The van der Waals surface area contributed by atoms with E-state index >= 15 is 0 Å². The van der Waals surface area contributed by atoms with E-state index in [4.69, 9.17) is 0 Å². The predicted octanol–water partition coefficient (Wildman–Crippen LogP) is 3.64. The molecule has 0 aliphatic heterocycles. The summed E-state index contributed by atoms with van der Waals surface area (Å²) in [5.74, 6) is -0.359. The molecule has 1 unspecified atom stereocenters. The minimum Gasteiger partial charge on any atom is -0.301 e. The number of amides is 1. The second kappa shape index (κ2) is 8.41. The fourth-order valence-corrected chi connectivity index (χ4v) is 4.96. The third-order valence-electron chi connectivity index (χ3n) is 3.99. The highest BCUT2D eigenvalue weighted by atomic mass is 32.2. The molecule has 140 valence electrons. The molecule has 1 aromatic heterocycles. The van der Waals surface area contributed by atoms with Crippen LogP contribution in [0, 0.1) is 0 Å². The molecule has 6 nitrogen and oxygen atoms in total. The van der Waals surface area contributed by atoms with Crippen molar-refractivity contribution in [2.45, 2.75) is 29.9 Å². The molecule has 0 saturated heterocycles. The Hall–Kier alpha value is -2.58. The van der Waals surface area contributed by atoms with Crippen molar-refractivity contribution in [2.24, 2.45) is 0 Å². The molecule has 2 aromatic carbocycles. The summed E-state index contributed by atoms with van der Waals surface area (Å²) in [5, 5.41) is 11.1. The Morgan fingerprint density at radius 3 is 2.33 bits per heavy atom. The molecule has 0 saturated carbocycles. The Bertz CT molecular complexity index is 1000. The summed E-state index contributed by atoms with van der Waals surface area (Å²) in [7, 11) is -3.49. The molecule has 1 atom stereocenters. The standard InChI is InChI=1S/C19H19N3O3S2/c1-14(15-8-4-2-5-9-15)12-17(23)20-19-22-21-18(26-19)13-27(24,25)16-10-6-3-7-11-16/h2-11,14H,12-13H2,1H3,(H,20,22,23). The van der Waals surface area contributed by atoms with Gasteiger partial charge in [-0.3, -0.25) is 4.79 Å². The molecule has 27 heavy (non-hydrogen) atoms. The van der Waals surface area contributed by atoms with Crippen molar-refractivity contribution in [3.63, 3.8) is 0 Å². The first kappa shape index (κ1) is 19.2. The molecule has 0 bridgehead atoms. The van der Waals surface area contributed by atoms with Gasteiger partial charge in [0.05, 0.1) is 4.90 Å². The predicted molar refractivity (Wildman–Crippen MR) is 105 cm³/mol. The molecule has 0 aliphatic rings. The Morgan fingerprint density at radius 2 is 1.67 bits per heavy atom. The Kier molecular flexibility index (Phi) is 5.98. The lowest BCUT2D eigenvalue weighted by atomic mass is 9.98. The van der Waals surface area contributed by atoms with Gasteiger partial charge >= 0.3 is 0 Å². The van der Waals surface area contributed by atoms with Crippen molar-refractivity contribution in [3.05, 3.63) is 71.2 Å². The van der Waals surface area contributed by atoms with Crippen LogP contribution in [0.25, 0.3) is 0 Å². The van der Waals surface area contributed by atoms with E-state index in [1.54, 1.807) is 30.3 Å². The lowest BCUT2D eigenvalue weighted by Gasteiger charge is -2.10. The van der Waals surface area contributed by atoms with Crippen molar-refractivity contribution in [1.29, 1.82) is 0 Å². The number of nitrogens with one attached hydrogen (secondary N) is 1. The quantitative estimate of drug-likeness (QED) is 0.653. The summed E-state index contributed by atoms with van der Waals surface area (Å²) in [6, 6.07) is 18.0. The van der Waals surface area contributed by atoms with Gasteiger partial charge < -0.3 is 5.32 Å². The Labute approximate surface area is 162 Å². The van der Waals surface area contributed by atoms with Crippen molar-refractivity contribution in [3.8, 4) is 0 Å². The lowest BCUT2D eigenvalue weighted by molar-refractivity contribution is -0.116. The summed E-state index contributed by atoms with van der Waals surface area (Å²) in [5.41, 5.74) is 1.08. The van der Waals surface area contributed by atoms with Crippen LogP contribution in [-0.2, 0) is 20.4 Å². The Morgan fingerprint density at radius 1 is 1.04 bits per heavy atom. The molecule has 0 fully saturated rings. The summed E-state index contributed by atoms with van der Waals surface area (Å²) in [6.07, 6.45) is 0.307.